The van der Waals surface area contributed by atoms with Crippen LogP contribution in [0, 0.1) is 0 Å². The Morgan fingerprint density at radius 3 is 2.78 bits per heavy atom. The predicted octanol–water partition coefficient (Wildman–Crippen LogP) is 3.87. The monoisotopic (exact) mass is 319 g/mol. The van der Waals surface area contributed by atoms with Gasteiger partial charge in [0.1, 0.15) is 0 Å². The van der Waals surface area contributed by atoms with Gasteiger partial charge in [-0.15, -0.1) is 11.3 Å². The van der Waals surface area contributed by atoms with Gasteiger partial charge in [0.05, 0.1) is 6.54 Å². The van der Waals surface area contributed by atoms with E-state index >= 15 is 0 Å². The summed E-state index contributed by atoms with van der Waals surface area (Å²) < 4.78 is 2.81. The minimum Gasteiger partial charge on any atom is -0.310 e. The highest BCUT2D eigenvalue weighted by Gasteiger charge is 2.06. The van der Waals surface area contributed by atoms with Gasteiger partial charge in [-0.3, -0.25) is 4.79 Å². The smallest absolute Gasteiger partial charge is 0.258 e. The Bertz CT molecular complexity index is 760. The van der Waals surface area contributed by atoms with Crippen LogP contribution in [0.2, 0.25) is 0 Å². The Balaban J connectivity index is 2.11. The molecule has 4 heteroatoms. The van der Waals surface area contributed by atoms with E-state index in [9.17, 15) is 4.79 Å². The van der Waals surface area contributed by atoms with Crippen LogP contribution >= 0.6 is 27.3 Å². The van der Waals surface area contributed by atoms with Crippen molar-refractivity contribution in [3.63, 3.8) is 0 Å². The van der Waals surface area contributed by atoms with E-state index in [0.717, 1.165) is 20.1 Å². The fraction of sp³-hybridized carbons (Fsp3) is 0.0714. The third kappa shape index (κ3) is 2.02. The van der Waals surface area contributed by atoms with E-state index in [-0.39, 0.29) is 5.56 Å². The molecule has 2 nitrogen and oxygen atoms in total. The van der Waals surface area contributed by atoms with Crippen molar-refractivity contribution in [2.24, 2.45) is 0 Å². The Morgan fingerprint density at radius 2 is 2.00 bits per heavy atom. The molecule has 3 rings (SSSR count). The van der Waals surface area contributed by atoms with Gasteiger partial charge < -0.3 is 4.57 Å². The number of fused-ring (bicyclic) bond motifs is 1. The second kappa shape index (κ2) is 4.71. The van der Waals surface area contributed by atoms with E-state index in [0.29, 0.717) is 6.54 Å². The minimum absolute atomic E-state index is 0.0633. The lowest BCUT2D eigenvalue weighted by atomic mass is 10.2. The molecule has 3 aromatic rings. The normalized spacial score (nSPS) is 10.9. The van der Waals surface area contributed by atoms with E-state index in [2.05, 4.69) is 15.9 Å². The molecule has 0 saturated carbocycles. The summed E-state index contributed by atoms with van der Waals surface area (Å²) in [5.41, 5.74) is 0.0633. The highest BCUT2D eigenvalue weighted by molar-refractivity contribution is 9.10. The van der Waals surface area contributed by atoms with Crippen LogP contribution in [0.25, 0.3) is 10.8 Å². The summed E-state index contributed by atoms with van der Waals surface area (Å²) in [6, 6.07) is 11.7. The molecule has 0 saturated heterocycles. The quantitative estimate of drug-likeness (QED) is 0.702. The molecule has 0 radical (unpaired) electrons. The summed E-state index contributed by atoms with van der Waals surface area (Å²) in [5.74, 6) is 0. The molecule has 0 aliphatic carbocycles. The summed E-state index contributed by atoms with van der Waals surface area (Å²) in [6.45, 7) is 0.613. The molecule has 0 aliphatic heterocycles. The molecule has 0 atom stereocenters. The number of hydrogen-bond acceptors (Lipinski definition) is 2. The van der Waals surface area contributed by atoms with E-state index in [1.54, 1.807) is 15.9 Å². The van der Waals surface area contributed by atoms with E-state index in [4.69, 9.17) is 0 Å². The van der Waals surface area contributed by atoms with Gasteiger partial charge >= 0.3 is 0 Å². The fourth-order valence-electron chi connectivity index (χ4n) is 1.95. The summed E-state index contributed by atoms with van der Waals surface area (Å²) >= 11 is 5.14. The molecule has 0 fully saturated rings. The number of pyridine rings is 1. The predicted molar refractivity (Wildman–Crippen MR) is 79.3 cm³/mol. The number of nitrogens with zero attached hydrogens (tertiary/aromatic N) is 1. The number of rotatable bonds is 2. The molecule has 90 valence electrons. The molecule has 0 unspecified atom stereocenters. The van der Waals surface area contributed by atoms with E-state index in [1.165, 1.54) is 0 Å². The lowest BCUT2D eigenvalue weighted by molar-refractivity contribution is 0.777. The van der Waals surface area contributed by atoms with Crippen molar-refractivity contribution in [1.29, 1.82) is 0 Å². The van der Waals surface area contributed by atoms with Crippen LogP contribution < -0.4 is 5.56 Å². The molecule has 1 aromatic carbocycles. The summed E-state index contributed by atoms with van der Waals surface area (Å²) in [7, 11) is 0. The molecule has 0 amide bonds. The third-order valence-electron chi connectivity index (χ3n) is 2.89. The number of aromatic nitrogens is 1. The highest BCUT2D eigenvalue weighted by atomic mass is 79.9. The van der Waals surface area contributed by atoms with Crippen molar-refractivity contribution in [3.05, 3.63) is 67.7 Å². The maximum absolute atomic E-state index is 12.3. The Hall–Kier alpha value is -1.39. The average molecular weight is 320 g/mol. The number of halogens is 1. The van der Waals surface area contributed by atoms with Crippen LogP contribution in [0.4, 0.5) is 0 Å². The standard InChI is InChI=1S/C14H10BrNOS/c15-12-6-8-18-13(12)9-16-7-5-10-3-1-2-4-11(10)14(16)17/h1-8H,9H2. The van der Waals surface area contributed by atoms with Gasteiger partial charge in [-0.1, -0.05) is 18.2 Å². The van der Waals surface area contributed by atoms with Gasteiger partial charge in [-0.25, -0.2) is 0 Å². The maximum Gasteiger partial charge on any atom is 0.258 e. The topological polar surface area (TPSA) is 22.0 Å². The van der Waals surface area contributed by atoms with Crippen molar-refractivity contribution in [2.75, 3.05) is 0 Å². The minimum atomic E-state index is 0.0633. The zero-order valence-electron chi connectivity index (χ0n) is 9.47. The lowest BCUT2D eigenvalue weighted by Gasteiger charge is -2.06. The second-order valence-electron chi connectivity index (χ2n) is 4.03. The molecule has 2 heterocycles. The van der Waals surface area contributed by atoms with Crippen LogP contribution in [0.1, 0.15) is 4.88 Å². The largest absolute Gasteiger partial charge is 0.310 e. The molecule has 18 heavy (non-hydrogen) atoms. The van der Waals surface area contributed by atoms with Gasteiger partial charge in [-0.05, 0) is 44.9 Å². The molecule has 0 aliphatic rings. The van der Waals surface area contributed by atoms with E-state index in [1.807, 2.05) is 48.0 Å². The summed E-state index contributed by atoms with van der Waals surface area (Å²) in [6.07, 6.45) is 1.86. The Kier molecular flexibility index (Phi) is 3.06. The number of hydrogen-bond donors (Lipinski definition) is 0. The summed E-state index contributed by atoms with van der Waals surface area (Å²) in [4.78, 5) is 13.5. The SMILES string of the molecule is O=c1c2ccccc2ccn1Cc1sccc1Br. The number of benzene rings is 1. The van der Waals surface area contributed by atoms with Gasteiger partial charge in [0.2, 0.25) is 0 Å². The zero-order valence-corrected chi connectivity index (χ0v) is 11.9. The van der Waals surface area contributed by atoms with Gasteiger partial charge in [-0.2, -0.15) is 0 Å². The maximum atomic E-state index is 12.3. The van der Waals surface area contributed by atoms with Gasteiger partial charge in [0.25, 0.3) is 5.56 Å². The van der Waals surface area contributed by atoms with Crippen molar-refractivity contribution in [3.8, 4) is 0 Å². The first-order valence-electron chi connectivity index (χ1n) is 5.56. The molecule has 2 aromatic heterocycles. The Morgan fingerprint density at radius 1 is 1.17 bits per heavy atom. The molecule has 0 spiro atoms. The van der Waals surface area contributed by atoms with Gasteiger partial charge in [0.15, 0.2) is 0 Å². The first-order valence-corrected chi connectivity index (χ1v) is 7.23. The first kappa shape index (κ1) is 11.7. The van der Waals surface area contributed by atoms with Gasteiger partial charge in [0, 0.05) is 20.9 Å². The second-order valence-corrected chi connectivity index (χ2v) is 5.88. The fourth-order valence-corrected chi connectivity index (χ4v) is 3.42. The van der Waals surface area contributed by atoms with Crippen LogP contribution in [0.3, 0.4) is 0 Å². The lowest BCUT2D eigenvalue weighted by Crippen LogP contribution is -2.19. The zero-order chi connectivity index (χ0) is 12.5. The number of thiophene rings is 1. The molecule has 0 bridgehead atoms. The summed E-state index contributed by atoms with van der Waals surface area (Å²) in [5, 5.41) is 3.78. The van der Waals surface area contributed by atoms with E-state index < -0.39 is 0 Å². The molecule has 0 N–H and O–H groups in total. The van der Waals surface area contributed by atoms with Crippen LogP contribution in [0.5, 0.6) is 0 Å². The van der Waals surface area contributed by atoms with Crippen molar-refractivity contribution >= 4 is 38.0 Å². The van der Waals surface area contributed by atoms with Crippen LogP contribution in [0.15, 0.2) is 57.2 Å². The van der Waals surface area contributed by atoms with Crippen molar-refractivity contribution in [2.45, 2.75) is 6.54 Å². The highest BCUT2D eigenvalue weighted by Crippen LogP contribution is 2.23. The molecular formula is C14H10BrNOS. The van der Waals surface area contributed by atoms with Crippen LogP contribution in [-0.4, -0.2) is 4.57 Å². The Labute approximate surface area is 117 Å². The van der Waals surface area contributed by atoms with Crippen molar-refractivity contribution < 1.29 is 0 Å². The van der Waals surface area contributed by atoms with Crippen molar-refractivity contribution in [1.82, 2.24) is 4.57 Å². The first-order chi connectivity index (χ1) is 8.75. The van der Waals surface area contributed by atoms with Crippen LogP contribution in [-0.2, 0) is 6.54 Å². The molecular weight excluding hydrogens is 310 g/mol. The third-order valence-corrected chi connectivity index (χ3v) is 4.80. The average Bonchev–Trinajstić information content (AvgIpc) is 2.79.